The van der Waals surface area contributed by atoms with Crippen LogP contribution in [0.4, 0.5) is 5.00 Å². The molecule has 2 fully saturated rings. The highest BCUT2D eigenvalue weighted by Gasteiger charge is 2.44. The lowest BCUT2D eigenvalue weighted by Crippen LogP contribution is -2.53. The van der Waals surface area contributed by atoms with E-state index in [-0.39, 0.29) is 5.91 Å². The molecule has 2 aromatic rings. The van der Waals surface area contributed by atoms with Crippen molar-refractivity contribution in [3.05, 3.63) is 41.3 Å². The van der Waals surface area contributed by atoms with E-state index in [2.05, 4.69) is 23.1 Å². The number of thiophene rings is 1. The maximum Gasteiger partial charge on any atom is 0.265 e. The molecule has 5 nitrogen and oxygen atoms in total. The molecule has 2 aliphatic rings. The summed E-state index contributed by atoms with van der Waals surface area (Å²) >= 11 is 1.53. The van der Waals surface area contributed by atoms with Gasteiger partial charge in [-0.05, 0) is 30.9 Å². The number of nitriles is 1. The fourth-order valence-corrected chi connectivity index (χ4v) is 4.91. The first-order valence-corrected chi connectivity index (χ1v) is 10.2. The van der Waals surface area contributed by atoms with Crippen molar-refractivity contribution in [3.63, 3.8) is 0 Å². The van der Waals surface area contributed by atoms with Gasteiger partial charge in [0.25, 0.3) is 5.91 Å². The number of hydrogen-bond acceptors (Lipinski definition) is 5. The van der Waals surface area contributed by atoms with Gasteiger partial charge >= 0.3 is 0 Å². The molecule has 1 saturated heterocycles. The molecule has 1 aromatic heterocycles. The summed E-state index contributed by atoms with van der Waals surface area (Å²) in [4.78, 5) is 17.8. The second-order valence-electron chi connectivity index (χ2n) is 7.16. The van der Waals surface area contributed by atoms with Crippen LogP contribution in [0.1, 0.15) is 28.9 Å². The van der Waals surface area contributed by atoms with Gasteiger partial charge in [-0.15, -0.1) is 11.3 Å². The summed E-state index contributed by atoms with van der Waals surface area (Å²) in [6.45, 7) is 3.05. The van der Waals surface area contributed by atoms with Crippen LogP contribution in [0.2, 0.25) is 0 Å². The Labute approximate surface area is 163 Å². The van der Waals surface area contributed by atoms with E-state index < -0.39 is 5.54 Å². The predicted octanol–water partition coefficient (Wildman–Crippen LogP) is 3.77. The molecule has 2 heterocycles. The fourth-order valence-electron chi connectivity index (χ4n) is 3.71. The van der Waals surface area contributed by atoms with Gasteiger partial charge in [-0.25, -0.2) is 0 Å². The minimum absolute atomic E-state index is 0.0575. The van der Waals surface area contributed by atoms with Gasteiger partial charge in [-0.3, -0.25) is 4.79 Å². The molecule has 1 aliphatic heterocycles. The Morgan fingerprint density at radius 2 is 1.96 bits per heavy atom. The lowest BCUT2D eigenvalue weighted by atomic mass is 9.76. The Hall–Kier alpha value is -2.36. The van der Waals surface area contributed by atoms with Gasteiger partial charge in [0, 0.05) is 25.7 Å². The monoisotopic (exact) mass is 381 g/mol. The standard InChI is InChI=1S/C21H23N3O2S/c1-23(21(15-22)8-5-9-21)19(25)18-14-17(16-6-3-2-4-7-16)20(27-18)24-10-12-26-13-11-24/h2-4,6-7,14H,5,8-13H2,1H3. The summed E-state index contributed by atoms with van der Waals surface area (Å²) in [5, 5.41) is 10.7. The molecule has 140 valence electrons. The molecule has 0 N–H and O–H groups in total. The molecule has 27 heavy (non-hydrogen) atoms. The minimum atomic E-state index is -0.632. The Morgan fingerprint density at radius 1 is 1.26 bits per heavy atom. The van der Waals surface area contributed by atoms with E-state index in [0.717, 1.165) is 48.5 Å². The van der Waals surface area contributed by atoms with Crippen molar-refractivity contribution < 1.29 is 9.53 Å². The van der Waals surface area contributed by atoms with E-state index >= 15 is 0 Å². The molecular weight excluding hydrogens is 358 g/mol. The molecular formula is C21H23N3O2S. The predicted molar refractivity (Wildman–Crippen MR) is 107 cm³/mol. The van der Waals surface area contributed by atoms with E-state index in [1.54, 1.807) is 11.9 Å². The summed E-state index contributed by atoms with van der Waals surface area (Å²) in [6, 6.07) is 14.5. The van der Waals surface area contributed by atoms with E-state index in [1.165, 1.54) is 11.3 Å². The maximum absolute atomic E-state index is 13.2. The van der Waals surface area contributed by atoms with Gasteiger partial charge in [-0.2, -0.15) is 5.26 Å². The molecule has 0 radical (unpaired) electrons. The largest absolute Gasteiger partial charge is 0.378 e. The average molecular weight is 382 g/mol. The number of rotatable bonds is 4. The number of ether oxygens (including phenoxy) is 1. The van der Waals surface area contributed by atoms with Crippen LogP contribution in [0.5, 0.6) is 0 Å². The van der Waals surface area contributed by atoms with Crippen LogP contribution in [0.25, 0.3) is 11.1 Å². The highest BCUT2D eigenvalue weighted by Crippen LogP contribution is 2.42. The SMILES string of the molecule is CN(C(=O)c1cc(-c2ccccc2)c(N2CCOCC2)s1)C1(C#N)CCC1. The van der Waals surface area contributed by atoms with Gasteiger partial charge < -0.3 is 14.5 Å². The topological polar surface area (TPSA) is 56.6 Å². The molecule has 4 rings (SSSR count). The van der Waals surface area contributed by atoms with Gasteiger partial charge in [-0.1, -0.05) is 30.3 Å². The Kier molecular flexibility index (Phi) is 4.90. The summed E-state index contributed by atoms with van der Waals surface area (Å²) in [5.74, 6) is -0.0575. The number of benzene rings is 1. The number of hydrogen-bond donors (Lipinski definition) is 0. The van der Waals surface area contributed by atoms with E-state index in [0.29, 0.717) is 18.1 Å². The van der Waals surface area contributed by atoms with Crippen molar-refractivity contribution in [1.82, 2.24) is 4.90 Å². The first kappa shape index (κ1) is 18.0. The van der Waals surface area contributed by atoms with Crippen LogP contribution >= 0.6 is 11.3 Å². The van der Waals surface area contributed by atoms with Crippen molar-refractivity contribution in [2.24, 2.45) is 0 Å². The quantitative estimate of drug-likeness (QED) is 0.809. The fraction of sp³-hybridized carbons (Fsp3) is 0.429. The maximum atomic E-state index is 13.2. The van der Waals surface area contributed by atoms with Gasteiger partial charge in [0.05, 0.1) is 29.2 Å². The Bertz CT molecular complexity index is 861. The zero-order chi connectivity index (χ0) is 18.9. The Morgan fingerprint density at radius 3 is 2.56 bits per heavy atom. The highest BCUT2D eigenvalue weighted by atomic mass is 32.1. The minimum Gasteiger partial charge on any atom is -0.378 e. The lowest BCUT2D eigenvalue weighted by Gasteiger charge is -2.42. The normalized spacial score (nSPS) is 18.4. The molecule has 6 heteroatoms. The average Bonchev–Trinajstić information content (AvgIpc) is 3.14. The van der Waals surface area contributed by atoms with Crippen LogP contribution < -0.4 is 4.90 Å². The van der Waals surface area contributed by atoms with Crippen LogP contribution in [-0.2, 0) is 4.74 Å². The smallest absolute Gasteiger partial charge is 0.265 e. The number of morpholine rings is 1. The first-order valence-electron chi connectivity index (χ1n) is 9.36. The number of amides is 1. The van der Waals surface area contributed by atoms with Gasteiger partial charge in [0.2, 0.25) is 0 Å². The second kappa shape index (κ2) is 7.34. The molecule has 0 unspecified atom stereocenters. The third-order valence-electron chi connectivity index (χ3n) is 5.64. The molecule has 0 atom stereocenters. The molecule has 0 bridgehead atoms. The molecule has 1 amide bonds. The van der Waals surface area contributed by atoms with Crippen molar-refractivity contribution in [3.8, 4) is 17.2 Å². The highest BCUT2D eigenvalue weighted by molar-refractivity contribution is 7.18. The zero-order valence-electron chi connectivity index (χ0n) is 15.5. The molecule has 0 spiro atoms. The number of anilines is 1. The number of carbonyl (C=O) groups excluding carboxylic acids is 1. The Balaban J connectivity index is 1.70. The summed E-state index contributed by atoms with van der Waals surface area (Å²) in [6.07, 6.45) is 2.53. The van der Waals surface area contributed by atoms with E-state index in [9.17, 15) is 10.1 Å². The molecule has 1 saturated carbocycles. The van der Waals surface area contributed by atoms with Gasteiger partial charge in [0.1, 0.15) is 5.54 Å². The van der Waals surface area contributed by atoms with Crippen LogP contribution in [-0.4, -0.2) is 49.7 Å². The third kappa shape index (κ3) is 3.22. The first-order chi connectivity index (χ1) is 13.1. The number of nitrogens with zero attached hydrogens (tertiary/aromatic N) is 3. The van der Waals surface area contributed by atoms with Crippen molar-refractivity contribution in [2.75, 3.05) is 38.3 Å². The number of carbonyl (C=O) groups is 1. The lowest BCUT2D eigenvalue weighted by molar-refractivity contribution is 0.0502. The summed E-state index contributed by atoms with van der Waals surface area (Å²) in [5.41, 5.74) is 1.56. The van der Waals surface area contributed by atoms with Crippen molar-refractivity contribution in [1.29, 1.82) is 5.26 Å². The van der Waals surface area contributed by atoms with E-state index in [4.69, 9.17) is 4.74 Å². The van der Waals surface area contributed by atoms with E-state index in [1.807, 2.05) is 24.3 Å². The van der Waals surface area contributed by atoms with Gasteiger partial charge in [0.15, 0.2) is 0 Å². The van der Waals surface area contributed by atoms with Crippen LogP contribution in [0, 0.1) is 11.3 Å². The molecule has 1 aliphatic carbocycles. The van der Waals surface area contributed by atoms with Crippen LogP contribution in [0.15, 0.2) is 36.4 Å². The van der Waals surface area contributed by atoms with Crippen LogP contribution in [0.3, 0.4) is 0 Å². The zero-order valence-corrected chi connectivity index (χ0v) is 16.3. The summed E-state index contributed by atoms with van der Waals surface area (Å²) in [7, 11) is 1.76. The third-order valence-corrected chi connectivity index (χ3v) is 6.83. The van der Waals surface area contributed by atoms with Crippen molar-refractivity contribution in [2.45, 2.75) is 24.8 Å². The van der Waals surface area contributed by atoms with Crippen molar-refractivity contribution >= 4 is 22.2 Å². The second-order valence-corrected chi connectivity index (χ2v) is 8.19. The molecule has 1 aromatic carbocycles. The summed E-state index contributed by atoms with van der Waals surface area (Å²) < 4.78 is 5.49.